The maximum atomic E-state index is 12.3. The normalized spacial score (nSPS) is 19.4. The van der Waals surface area contributed by atoms with E-state index in [-0.39, 0.29) is 23.0 Å². The number of unbranched alkanes of at least 4 members (excludes halogenated alkanes) is 1. The molecule has 0 bridgehead atoms. The van der Waals surface area contributed by atoms with Crippen molar-refractivity contribution in [3.63, 3.8) is 0 Å². The van der Waals surface area contributed by atoms with E-state index in [1.54, 1.807) is 7.11 Å². The summed E-state index contributed by atoms with van der Waals surface area (Å²) in [5.41, 5.74) is 5.08. The molecule has 0 heterocycles. The van der Waals surface area contributed by atoms with Crippen molar-refractivity contribution in [3.8, 4) is 5.75 Å². The number of aliphatic imine (C=N–C) groups is 1. The summed E-state index contributed by atoms with van der Waals surface area (Å²) in [5.74, 6) is 1.05. The van der Waals surface area contributed by atoms with E-state index in [1.165, 1.54) is 18.4 Å². The van der Waals surface area contributed by atoms with E-state index in [9.17, 15) is 4.79 Å². The van der Waals surface area contributed by atoms with Crippen molar-refractivity contribution in [2.45, 2.75) is 80.6 Å². The Bertz CT molecular complexity index is 846. The molecule has 2 rings (SSSR count). The minimum absolute atomic E-state index is 0.0986. The zero-order valence-electron chi connectivity index (χ0n) is 22.1. The van der Waals surface area contributed by atoms with Crippen LogP contribution in [0, 0.1) is 17.3 Å². The fraction of sp³-hybridized carbons (Fsp3) is 0.586. The van der Waals surface area contributed by atoms with Gasteiger partial charge in [0.25, 0.3) is 0 Å². The highest BCUT2D eigenvalue weighted by atomic mass is 16.5. The van der Waals surface area contributed by atoms with Crippen molar-refractivity contribution >= 4 is 11.5 Å². The van der Waals surface area contributed by atoms with Gasteiger partial charge in [0.2, 0.25) is 0 Å². The number of carbonyl (C=O) groups is 1. The maximum Gasteiger partial charge on any atom is 0.167 e. The number of aliphatic hydroxyl groups excluding tert-OH is 1. The molecular formula is C29H45NO3. The van der Waals surface area contributed by atoms with E-state index in [2.05, 4.69) is 46.4 Å². The Kier molecular flexibility index (Phi) is 11.8. The number of aryl methyl sites for hydroxylation is 1. The van der Waals surface area contributed by atoms with E-state index in [0.717, 1.165) is 47.6 Å². The number of aliphatic hydroxyl groups is 1. The Morgan fingerprint density at radius 3 is 2.30 bits per heavy atom. The summed E-state index contributed by atoms with van der Waals surface area (Å²) >= 11 is 0. The lowest BCUT2D eigenvalue weighted by molar-refractivity contribution is -0.118. The molecule has 0 fully saturated rings. The Balaban J connectivity index is 0.000000513. The molecule has 0 saturated carbocycles. The molecule has 0 aromatic heterocycles. The molecule has 2 atom stereocenters. The van der Waals surface area contributed by atoms with Crippen LogP contribution in [0.3, 0.4) is 0 Å². The lowest BCUT2D eigenvalue weighted by Crippen LogP contribution is -2.26. The van der Waals surface area contributed by atoms with E-state index in [1.807, 2.05) is 32.9 Å². The molecule has 4 heteroatoms. The summed E-state index contributed by atoms with van der Waals surface area (Å²) in [6.45, 7) is 18.7. The Hall–Kier alpha value is -2.20. The van der Waals surface area contributed by atoms with E-state index < -0.39 is 0 Å². The van der Waals surface area contributed by atoms with E-state index in [0.29, 0.717) is 6.61 Å². The fourth-order valence-electron chi connectivity index (χ4n) is 3.79. The van der Waals surface area contributed by atoms with Crippen molar-refractivity contribution in [1.29, 1.82) is 0 Å². The Morgan fingerprint density at radius 1 is 1.18 bits per heavy atom. The number of methoxy groups -OCH3 is 1. The Labute approximate surface area is 201 Å². The Morgan fingerprint density at radius 2 is 1.79 bits per heavy atom. The first-order valence-corrected chi connectivity index (χ1v) is 12.2. The monoisotopic (exact) mass is 455 g/mol. The fourth-order valence-corrected chi connectivity index (χ4v) is 3.79. The molecule has 4 nitrogen and oxygen atoms in total. The topological polar surface area (TPSA) is 58.9 Å². The number of ether oxygens (including phenoxy) is 1. The SMILES string of the molecule is C=C1C(C)C(=O)C(C)=C(N=C(C)CCc2ccc(OC)cc2)C1C.CCCCC(C)(C)CO. The van der Waals surface area contributed by atoms with Crippen LogP contribution in [-0.4, -0.2) is 30.3 Å². The van der Waals surface area contributed by atoms with Crippen LogP contribution in [-0.2, 0) is 11.2 Å². The summed E-state index contributed by atoms with van der Waals surface area (Å²) < 4.78 is 5.18. The average Bonchev–Trinajstić information content (AvgIpc) is 2.82. The third-order valence-corrected chi connectivity index (χ3v) is 6.55. The predicted molar refractivity (Wildman–Crippen MR) is 140 cm³/mol. The molecule has 1 aliphatic carbocycles. The third kappa shape index (κ3) is 8.92. The molecule has 1 aromatic rings. The van der Waals surface area contributed by atoms with Gasteiger partial charge in [-0.05, 0) is 56.2 Å². The average molecular weight is 456 g/mol. The second-order valence-corrected chi connectivity index (χ2v) is 10.0. The van der Waals surface area contributed by atoms with Crippen molar-refractivity contribution in [2.24, 2.45) is 22.2 Å². The van der Waals surface area contributed by atoms with Crippen LogP contribution in [0.5, 0.6) is 5.75 Å². The molecule has 0 spiro atoms. The van der Waals surface area contributed by atoms with Gasteiger partial charge < -0.3 is 9.84 Å². The maximum absolute atomic E-state index is 12.3. The molecule has 0 radical (unpaired) electrons. The van der Waals surface area contributed by atoms with Crippen molar-refractivity contribution in [2.75, 3.05) is 13.7 Å². The number of hydrogen-bond donors (Lipinski definition) is 1. The summed E-state index contributed by atoms with van der Waals surface area (Å²) in [4.78, 5) is 17.1. The van der Waals surface area contributed by atoms with Crippen LogP contribution in [0.2, 0.25) is 0 Å². The number of Topliss-reactive ketones (excluding diaryl/α,β-unsaturated/α-hetero) is 1. The molecule has 1 aliphatic rings. The van der Waals surface area contributed by atoms with Crippen LogP contribution in [0.1, 0.15) is 79.7 Å². The van der Waals surface area contributed by atoms with Gasteiger partial charge in [0.1, 0.15) is 5.75 Å². The molecule has 0 amide bonds. The molecule has 184 valence electrons. The van der Waals surface area contributed by atoms with Crippen LogP contribution in [0.4, 0.5) is 0 Å². The second kappa shape index (κ2) is 13.5. The number of nitrogens with zero attached hydrogens (tertiary/aromatic N) is 1. The zero-order chi connectivity index (χ0) is 25.2. The van der Waals surface area contributed by atoms with Crippen molar-refractivity contribution < 1.29 is 14.6 Å². The highest BCUT2D eigenvalue weighted by molar-refractivity contribution is 6.01. The second-order valence-electron chi connectivity index (χ2n) is 10.0. The van der Waals surface area contributed by atoms with Gasteiger partial charge in [0.05, 0.1) is 12.8 Å². The molecule has 0 aliphatic heterocycles. The first-order valence-electron chi connectivity index (χ1n) is 12.2. The minimum Gasteiger partial charge on any atom is -0.497 e. The number of carbonyl (C=O) groups excluding carboxylic acids is 1. The van der Waals surface area contributed by atoms with Crippen LogP contribution < -0.4 is 4.74 Å². The van der Waals surface area contributed by atoms with Gasteiger partial charge in [-0.1, -0.05) is 71.7 Å². The smallest absolute Gasteiger partial charge is 0.167 e. The van der Waals surface area contributed by atoms with Gasteiger partial charge >= 0.3 is 0 Å². The number of hydrogen-bond acceptors (Lipinski definition) is 4. The van der Waals surface area contributed by atoms with Crippen LogP contribution in [0.15, 0.2) is 52.7 Å². The molecule has 2 unspecified atom stereocenters. The largest absolute Gasteiger partial charge is 0.497 e. The molecule has 0 saturated heterocycles. The highest BCUT2D eigenvalue weighted by Crippen LogP contribution is 2.35. The third-order valence-electron chi connectivity index (χ3n) is 6.55. The van der Waals surface area contributed by atoms with Gasteiger partial charge in [0.15, 0.2) is 5.78 Å². The number of allylic oxidation sites excluding steroid dienone is 2. The van der Waals surface area contributed by atoms with Gasteiger partial charge in [-0.2, -0.15) is 0 Å². The van der Waals surface area contributed by atoms with Gasteiger partial charge in [0, 0.05) is 29.7 Å². The summed E-state index contributed by atoms with van der Waals surface area (Å²) in [5, 5.41) is 8.82. The van der Waals surface area contributed by atoms with Gasteiger partial charge in [-0.3, -0.25) is 9.79 Å². The lowest BCUT2D eigenvalue weighted by atomic mass is 9.77. The molecule has 1 N–H and O–H groups in total. The van der Waals surface area contributed by atoms with Crippen LogP contribution in [0.25, 0.3) is 0 Å². The number of rotatable bonds is 9. The molecular weight excluding hydrogens is 410 g/mol. The lowest BCUT2D eigenvalue weighted by Gasteiger charge is -2.28. The summed E-state index contributed by atoms with van der Waals surface area (Å²) in [7, 11) is 1.67. The standard InChI is InChI=1S/C21H27NO2.C8H18O/c1-13(7-8-18-9-11-19(24-6)12-10-18)22-20-15(3)14(2)16(4)21(23)17(20)5;1-4-5-6-8(2,3)7-9/h9-12,15-16H,2,7-8H2,1,3-6H3;9H,4-7H2,1-3H3. The van der Waals surface area contributed by atoms with Gasteiger partial charge in [-0.25, -0.2) is 0 Å². The van der Waals surface area contributed by atoms with Gasteiger partial charge in [-0.15, -0.1) is 0 Å². The quantitative estimate of drug-likeness (QED) is 0.323. The van der Waals surface area contributed by atoms with Crippen molar-refractivity contribution in [3.05, 3.63) is 53.3 Å². The molecule has 1 aromatic carbocycles. The number of ketones is 1. The zero-order valence-corrected chi connectivity index (χ0v) is 22.1. The van der Waals surface area contributed by atoms with E-state index >= 15 is 0 Å². The first-order chi connectivity index (χ1) is 15.5. The van der Waals surface area contributed by atoms with Crippen molar-refractivity contribution in [1.82, 2.24) is 0 Å². The van der Waals surface area contributed by atoms with Crippen LogP contribution >= 0.6 is 0 Å². The minimum atomic E-state index is -0.0986. The number of benzene rings is 1. The summed E-state index contributed by atoms with van der Waals surface area (Å²) in [6, 6.07) is 8.10. The first kappa shape index (κ1) is 28.8. The van der Waals surface area contributed by atoms with E-state index in [4.69, 9.17) is 14.8 Å². The highest BCUT2D eigenvalue weighted by Gasteiger charge is 2.31. The summed E-state index contributed by atoms with van der Waals surface area (Å²) in [6.07, 6.45) is 5.38. The molecule has 33 heavy (non-hydrogen) atoms. The predicted octanol–water partition coefficient (Wildman–Crippen LogP) is 6.97.